The molecule has 2 N–H and O–H groups in total. The van der Waals surface area contributed by atoms with E-state index in [-0.39, 0.29) is 11.0 Å². The average Bonchev–Trinajstić information content (AvgIpc) is 2.63. The number of carbonyl (C=O) groups excluding carboxylic acids is 1. The zero-order valence-electron chi connectivity index (χ0n) is 16.4. The third-order valence-electron chi connectivity index (χ3n) is 4.13. The topological polar surface area (TPSA) is 84.1 Å². The van der Waals surface area contributed by atoms with Crippen LogP contribution in [0.15, 0.2) is 59.4 Å². The van der Waals surface area contributed by atoms with Crippen molar-refractivity contribution in [1.29, 1.82) is 0 Å². The van der Waals surface area contributed by atoms with E-state index in [4.69, 9.17) is 4.74 Å². The highest BCUT2D eigenvalue weighted by atomic mass is 16.5. The van der Waals surface area contributed by atoms with Crippen LogP contribution in [0.2, 0.25) is 0 Å². The Morgan fingerprint density at radius 1 is 1.00 bits per heavy atom. The Morgan fingerprint density at radius 2 is 1.61 bits per heavy atom. The van der Waals surface area contributed by atoms with Gasteiger partial charge in [-0.15, -0.1) is 0 Å². The van der Waals surface area contributed by atoms with Crippen molar-refractivity contribution in [3.05, 3.63) is 82.0 Å². The fourth-order valence-electron chi connectivity index (χ4n) is 2.63. The number of nitrogens with zero attached hydrogens (tertiary/aromatic N) is 1. The Hall–Kier alpha value is -3.41. The standard InChI is InChI=1S/C22H23N3O3/c1-14-18(20(27)25-21(23-14)22(2,3)4)19(26)24-15-10-12-17(13-11-15)28-16-8-6-5-7-9-16/h5-13H,1-4H3,(H,24,26)(H,23,25,27). The van der Waals surface area contributed by atoms with Crippen LogP contribution in [-0.4, -0.2) is 15.9 Å². The SMILES string of the molecule is Cc1nc(C(C)(C)C)[nH]c(=O)c1C(=O)Nc1ccc(Oc2ccccc2)cc1. The lowest BCUT2D eigenvalue weighted by atomic mass is 9.95. The lowest BCUT2D eigenvalue weighted by Gasteiger charge is -2.18. The molecule has 6 heteroatoms. The Balaban J connectivity index is 1.75. The molecular formula is C22H23N3O3. The zero-order chi connectivity index (χ0) is 20.3. The second-order valence-corrected chi connectivity index (χ2v) is 7.52. The average molecular weight is 377 g/mol. The number of aryl methyl sites for hydroxylation is 1. The van der Waals surface area contributed by atoms with Crippen LogP contribution >= 0.6 is 0 Å². The van der Waals surface area contributed by atoms with Gasteiger partial charge >= 0.3 is 0 Å². The number of para-hydroxylation sites is 1. The molecule has 0 fully saturated rings. The fraction of sp³-hybridized carbons (Fsp3) is 0.227. The van der Waals surface area contributed by atoms with Crippen molar-refractivity contribution in [1.82, 2.24) is 9.97 Å². The van der Waals surface area contributed by atoms with Crippen molar-refractivity contribution in [2.45, 2.75) is 33.1 Å². The summed E-state index contributed by atoms with van der Waals surface area (Å²) in [7, 11) is 0. The largest absolute Gasteiger partial charge is 0.457 e. The molecule has 0 saturated heterocycles. The molecule has 0 aliphatic heterocycles. The molecular weight excluding hydrogens is 354 g/mol. The van der Waals surface area contributed by atoms with Gasteiger partial charge < -0.3 is 15.0 Å². The number of rotatable bonds is 4. The van der Waals surface area contributed by atoms with Crippen molar-refractivity contribution < 1.29 is 9.53 Å². The first-order valence-electron chi connectivity index (χ1n) is 9.00. The highest BCUT2D eigenvalue weighted by Crippen LogP contribution is 2.23. The molecule has 0 atom stereocenters. The van der Waals surface area contributed by atoms with Crippen molar-refractivity contribution in [2.24, 2.45) is 0 Å². The van der Waals surface area contributed by atoms with E-state index in [1.54, 1.807) is 31.2 Å². The first-order chi connectivity index (χ1) is 13.2. The van der Waals surface area contributed by atoms with Crippen LogP contribution in [0.4, 0.5) is 5.69 Å². The van der Waals surface area contributed by atoms with Crippen LogP contribution in [0.1, 0.15) is 42.6 Å². The summed E-state index contributed by atoms with van der Waals surface area (Å²) in [5, 5.41) is 2.73. The number of aromatic amines is 1. The van der Waals surface area contributed by atoms with Gasteiger partial charge in [-0.3, -0.25) is 9.59 Å². The van der Waals surface area contributed by atoms with Gasteiger partial charge in [0.05, 0.1) is 5.69 Å². The number of anilines is 1. The van der Waals surface area contributed by atoms with E-state index in [0.717, 1.165) is 5.75 Å². The molecule has 28 heavy (non-hydrogen) atoms. The molecule has 3 aromatic rings. The number of ether oxygens (including phenoxy) is 1. The van der Waals surface area contributed by atoms with Gasteiger partial charge in [0.1, 0.15) is 22.9 Å². The molecule has 0 aliphatic rings. The van der Waals surface area contributed by atoms with E-state index in [1.165, 1.54) is 0 Å². The molecule has 0 saturated carbocycles. The minimum atomic E-state index is -0.497. The summed E-state index contributed by atoms with van der Waals surface area (Å²) < 4.78 is 5.73. The summed E-state index contributed by atoms with van der Waals surface area (Å²) >= 11 is 0. The molecule has 0 bridgehead atoms. The van der Waals surface area contributed by atoms with Gasteiger partial charge in [0.15, 0.2) is 0 Å². The Bertz CT molecular complexity index is 1030. The minimum absolute atomic E-state index is 0.0117. The van der Waals surface area contributed by atoms with E-state index in [0.29, 0.717) is 23.0 Å². The van der Waals surface area contributed by atoms with Crippen LogP contribution in [0.5, 0.6) is 11.5 Å². The number of H-pyrrole nitrogens is 1. The summed E-state index contributed by atoms with van der Waals surface area (Å²) in [5.41, 5.74) is 0.212. The van der Waals surface area contributed by atoms with Crippen molar-refractivity contribution in [3.8, 4) is 11.5 Å². The van der Waals surface area contributed by atoms with Gasteiger partial charge in [-0.2, -0.15) is 0 Å². The van der Waals surface area contributed by atoms with Crippen LogP contribution < -0.4 is 15.6 Å². The number of nitrogens with one attached hydrogen (secondary N) is 2. The van der Waals surface area contributed by atoms with E-state index < -0.39 is 11.5 Å². The normalized spacial score (nSPS) is 11.1. The molecule has 0 spiro atoms. The molecule has 1 heterocycles. The second kappa shape index (κ2) is 7.68. The highest BCUT2D eigenvalue weighted by molar-refractivity contribution is 6.04. The first kappa shape index (κ1) is 19.4. The monoisotopic (exact) mass is 377 g/mol. The summed E-state index contributed by atoms with van der Waals surface area (Å²) in [6, 6.07) is 16.4. The van der Waals surface area contributed by atoms with E-state index in [1.807, 2.05) is 51.1 Å². The maximum Gasteiger partial charge on any atom is 0.264 e. The maximum atomic E-state index is 12.6. The van der Waals surface area contributed by atoms with Crippen molar-refractivity contribution in [2.75, 3.05) is 5.32 Å². The van der Waals surface area contributed by atoms with Gasteiger partial charge in [-0.1, -0.05) is 39.0 Å². The fourth-order valence-corrected chi connectivity index (χ4v) is 2.63. The summed E-state index contributed by atoms with van der Waals surface area (Å²) in [5.74, 6) is 1.43. The molecule has 0 radical (unpaired) electrons. The number of benzene rings is 2. The lowest BCUT2D eigenvalue weighted by molar-refractivity contribution is 0.102. The number of hydrogen-bond donors (Lipinski definition) is 2. The van der Waals surface area contributed by atoms with Crippen molar-refractivity contribution >= 4 is 11.6 Å². The summed E-state index contributed by atoms with van der Waals surface area (Å²) in [4.78, 5) is 32.1. The smallest absolute Gasteiger partial charge is 0.264 e. The quantitative estimate of drug-likeness (QED) is 0.705. The molecule has 1 amide bonds. The Kier molecular flexibility index (Phi) is 5.31. The van der Waals surface area contributed by atoms with Gasteiger partial charge in [-0.05, 0) is 43.3 Å². The number of hydrogen-bond acceptors (Lipinski definition) is 4. The molecule has 144 valence electrons. The zero-order valence-corrected chi connectivity index (χ0v) is 16.4. The van der Waals surface area contributed by atoms with Gasteiger partial charge in [-0.25, -0.2) is 4.98 Å². The molecule has 0 aliphatic carbocycles. The van der Waals surface area contributed by atoms with E-state index >= 15 is 0 Å². The summed E-state index contributed by atoms with van der Waals surface area (Å²) in [6.07, 6.45) is 0. The summed E-state index contributed by atoms with van der Waals surface area (Å²) in [6.45, 7) is 7.51. The molecule has 2 aromatic carbocycles. The third kappa shape index (κ3) is 4.46. The number of amides is 1. The number of carbonyl (C=O) groups is 1. The van der Waals surface area contributed by atoms with Crippen LogP contribution in [0.25, 0.3) is 0 Å². The molecule has 6 nitrogen and oxygen atoms in total. The molecule has 1 aromatic heterocycles. The first-order valence-corrected chi connectivity index (χ1v) is 9.00. The minimum Gasteiger partial charge on any atom is -0.457 e. The number of aromatic nitrogens is 2. The van der Waals surface area contributed by atoms with Crippen LogP contribution in [0, 0.1) is 6.92 Å². The van der Waals surface area contributed by atoms with E-state index in [9.17, 15) is 9.59 Å². The Labute approximate surface area is 163 Å². The van der Waals surface area contributed by atoms with E-state index in [2.05, 4.69) is 15.3 Å². The second-order valence-electron chi connectivity index (χ2n) is 7.52. The highest BCUT2D eigenvalue weighted by Gasteiger charge is 2.22. The predicted octanol–water partition coefficient (Wildman–Crippen LogP) is 4.42. The van der Waals surface area contributed by atoms with Crippen molar-refractivity contribution in [3.63, 3.8) is 0 Å². The van der Waals surface area contributed by atoms with Gasteiger partial charge in [0, 0.05) is 11.1 Å². The maximum absolute atomic E-state index is 12.6. The van der Waals surface area contributed by atoms with Gasteiger partial charge in [0.2, 0.25) is 0 Å². The Morgan fingerprint density at radius 3 is 2.18 bits per heavy atom. The lowest BCUT2D eigenvalue weighted by Crippen LogP contribution is -2.30. The molecule has 0 unspecified atom stereocenters. The van der Waals surface area contributed by atoms with Gasteiger partial charge in [0.25, 0.3) is 11.5 Å². The predicted molar refractivity (Wildman–Crippen MR) is 109 cm³/mol. The molecule has 3 rings (SSSR count). The van der Waals surface area contributed by atoms with Crippen LogP contribution in [0.3, 0.4) is 0 Å². The third-order valence-corrected chi connectivity index (χ3v) is 4.13. The van der Waals surface area contributed by atoms with Crippen LogP contribution in [-0.2, 0) is 5.41 Å².